The van der Waals surface area contributed by atoms with Gasteiger partial charge in [0, 0.05) is 23.8 Å². The number of fused-ring (bicyclic) bond motifs is 2. The molecule has 2 heterocycles. The van der Waals surface area contributed by atoms with Crippen LogP contribution in [0.1, 0.15) is 45.4 Å². The van der Waals surface area contributed by atoms with Crippen LogP contribution in [0.25, 0.3) is 0 Å². The van der Waals surface area contributed by atoms with Crippen LogP contribution in [0.5, 0.6) is 0 Å². The third-order valence-corrected chi connectivity index (χ3v) is 4.97. The molecule has 0 radical (unpaired) electrons. The van der Waals surface area contributed by atoms with E-state index in [1.54, 1.807) is 0 Å². The lowest BCUT2D eigenvalue weighted by Crippen LogP contribution is -2.57. The van der Waals surface area contributed by atoms with Gasteiger partial charge >= 0.3 is 6.03 Å². The van der Waals surface area contributed by atoms with E-state index in [-0.39, 0.29) is 6.03 Å². The molecule has 120 valence electrons. The van der Waals surface area contributed by atoms with Crippen molar-refractivity contribution < 1.29 is 4.79 Å². The van der Waals surface area contributed by atoms with Gasteiger partial charge in [0.2, 0.25) is 0 Å². The van der Waals surface area contributed by atoms with Crippen LogP contribution < -0.4 is 10.6 Å². The third-order valence-electron chi connectivity index (χ3n) is 4.97. The molecule has 1 aromatic rings. The summed E-state index contributed by atoms with van der Waals surface area (Å²) in [6.45, 7) is 3.46. The number of amides is 2. The van der Waals surface area contributed by atoms with Gasteiger partial charge in [-0.2, -0.15) is 0 Å². The lowest BCUT2D eigenvalue weighted by molar-refractivity contribution is 0.0272. The molecular weight excluding hydrogens is 274 g/mol. The Morgan fingerprint density at radius 1 is 1.18 bits per heavy atom. The Hall–Kier alpha value is -1.55. The Bertz CT molecular complexity index is 476. The maximum absolute atomic E-state index is 12.2. The summed E-state index contributed by atoms with van der Waals surface area (Å²) < 4.78 is 0. The number of para-hydroxylation sites is 1. The SMILES string of the molecule is CCCN1[C@@H]2CCC[C@H]1CC(NC(=O)Nc1ccccc1)C2. The first-order valence-corrected chi connectivity index (χ1v) is 8.64. The van der Waals surface area contributed by atoms with Gasteiger partial charge in [0.1, 0.15) is 0 Å². The number of carbonyl (C=O) groups excluding carboxylic acids is 1. The molecule has 4 nitrogen and oxygen atoms in total. The molecule has 3 rings (SSSR count). The first-order chi connectivity index (χ1) is 10.8. The van der Waals surface area contributed by atoms with Crippen molar-refractivity contribution in [2.45, 2.75) is 63.6 Å². The molecule has 22 heavy (non-hydrogen) atoms. The van der Waals surface area contributed by atoms with Crippen LogP contribution >= 0.6 is 0 Å². The van der Waals surface area contributed by atoms with Crippen LogP contribution in [0.4, 0.5) is 10.5 Å². The quantitative estimate of drug-likeness (QED) is 0.892. The van der Waals surface area contributed by atoms with E-state index in [9.17, 15) is 4.79 Å². The number of anilines is 1. The highest BCUT2D eigenvalue weighted by Crippen LogP contribution is 2.34. The highest BCUT2D eigenvalue weighted by Gasteiger charge is 2.37. The fraction of sp³-hybridized carbons (Fsp3) is 0.611. The van der Waals surface area contributed by atoms with Gasteiger partial charge in [0.15, 0.2) is 0 Å². The Labute approximate surface area is 133 Å². The zero-order chi connectivity index (χ0) is 15.4. The monoisotopic (exact) mass is 301 g/mol. The summed E-state index contributed by atoms with van der Waals surface area (Å²) in [7, 11) is 0. The molecule has 2 fully saturated rings. The lowest BCUT2D eigenvalue weighted by atomic mass is 9.81. The van der Waals surface area contributed by atoms with Crippen LogP contribution in [-0.2, 0) is 0 Å². The van der Waals surface area contributed by atoms with Crippen LogP contribution in [0, 0.1) is 0 Å². The van der Waals surface area contributed by atoms with Crippen LogP contribution in [0.2, 0.25) is 0 Å². The minimum Gasteiger partial charge on any atom is -0.335 e. The van der Waals surface area contributed by atoms with Crippen molar-refractivity contribution in [2.75, 3.05) is 11.9 Å². The molecule has 0 aromatic heterocycles. The fourth-order valence-electron chi connectivity index (χ4n) is 4.09. The maximum Gasteiger partial charge on any atom is 0.319 e. The smallest absolute Gasteiger partial charge is 0.319 e. The second-order valence-corrected chi connectivity index (χ2v) is 6.61. The van der Waals surface area contributed by atoms with Gasteiger partial charge < -0.3 is 10.6 Å². The fourth-order valence-corrected chi connectivity index (χ4v) is 4.09. The molecule has 0 spiro atoms. The highest BCUT2D eigenvalue weighted by molar-refractivity contribution is 5.89. The van der Waals surface area contributed by atoms with Gasteiger partial charge in [-0.1, -0.05) is 31.5 Å². The van der Waals surface area contributed by atoms with E-state index in [0.29, 0.717) is 18.1 Å². The Morgan fingerprint density at radius 2 is 1.86 bits per heavy atom. The summed E-state index contributed by atoms with van der Waals surface area (Å²) in [6.07, 6.45) is 7.33. The molecule has 2 N–H and O–H groups in total. The average molecular weight is 301 g/mol. The number of nitrogens with zero attached hydrogens (tertiary/aromatic N) is 1. The topological polar surface area (TPSA) is 44.4 Å². The minimum atomic E-state index is -0.0711. The predicted molar refractivity (Wildman–Crippen MR) is 90.0 cm³/mol. The molecule has 2 bridgehead atoms. The van der Waals surface area contributed by atoms with Crippen molar-refractivity contribution >= 4 is 11.7 Å². The summed E-state index contributed by atoms with van der Waals surface area (Å²) in [6, 6.07) is 11.2. The van der Waals surface area contributed by atoms with E-state index < -0.39 is 0 Å². The van der Waals surface area contributed by atoms with Crippen molar-refractivity contribution in [2.24, 2.45) is 0 Å². The molecule has 1 unspecified atom stereocenters. The first-order valence-electron chi connectivity index (χ1n) is 8.64. The number of urea groups is 1. The van der Waals surface area contributed by atoms with E-state index in [1.807, 2.05) is 30.3 Å². The van der Waals surface area contributed by atoms with Crippen molar-refractivity contribution in [3.05, 3.63) is 30.3 Å². The Kier molecular flexibility index (Phi) is 4.98. The number of hydrogen-bond donors (Lipinski definition) is 2. The van der Waals surface area contributed by atoms with Gasteiger partial charge in [-0.05, 0) is 50.8 Å². The molecule has 1 aromatic carbocycles. The minimum absolute atomic E-state index is 0.0711. The van der Waals surface area contributed by atoms with E-state index in [2.05, 4.69) is 22.5 Å². The van der Waals surface area contributed by atoms with Crippen molar-refractivity contribution in [3.8, 4) is 0 Å². The summed E-state index contributed by atoms with van der Waals surface area (Å²) >= 11 is 0. The normalized spacial score (nSPS) is 28.1. The molecule has 2 aliphatic heterocycles. The zero-order valence-electron chi connectivity index (χ0n) is 13.4. The van der Waals surface area contributed by atoms with Crippen molar-refractivity contribution in [1.29, 1.82) is 0 Å². The van der Waals surface area contributed by atoms with Crippen molar-refractivity contribution in [3.63, 3.8) is 0 Å². The zero-order valence-corrected chi connectivity index (χ0v) is 13.4. The Morgan fingerprint density at radius 3 is 2.50 bits per heavy atom. The number of rotatable bonds is 4. The van der Waals surface area contributed by atoms with E-state index in [1.165, 1.54) is 32.2 Å². The molecule has 4 heteroatoms. The third kappa shape index (κ3) is 3.61. The molecular formula is C18H27N3O. The lowest BCUT2D eigenvalue weighted by Gasteiger charge is -2.49. The molecule has 2 aliphatic rings. The summed E-state index contributed by atoms with van der Waals surface area (Å²) in [5, 5.41) is 6.11. The van der Waals surface area contributed by atoms with E-state index in [4.69, 9.17) is 0 Å². The van der Waals surface area contributed by atoms with E-state index >= 15 is 0 Å². The summed E-state index contributed by atoms with van der Waals surface area (Å²) in [5.41, 5.74) is 0.851. The van der Waals surface area contributed by atoms with Gasteiger partial charge in [-0.25, -0.2) is 4.79 Å². The molecule has 2 amide bonds. The molecule has 0 aliphatic carbocycles. The van der Waals surface area contributed by atoms with Gasteiger partial charge in [-0.3, -0.25) is 4.90 Å². The second-order valence-electron chi connectivity index (χ2n) is 6.61. The Balaban J connectivity index is 1.55. The number of hydrogen-bond acceptors (Lipinski definition) is 2. The first kappa shape index (κ1) is 15.3. The summed E-state index contributed by atoms with van der Waals surface area (Å²) in [4.78, 5) is 14.9. The number of carbonyl (C=O) groups is 1. The molecule has 3 atom stereocenters. The number of nitrogens with one attached hydrogen (secondary N) is 2. The van der Waals surface area contributed by atoms with Crippen LogP contribution in [-0.4, -0.2) is 35.6 Å². The van der Waals surface area contributed by atoms with Crippen LogP contribution in [0.15, 0.2) is 30.3 Å². The maximum atomic E-state index is 12.2. The number of benzene rings is 1. The largest absolute Gasteiger partial charge is 0.335 e. The molecule has 0 saturated carbocycles. The van der Waals surface area contributed by atoms with E-state index in [0.717, 1.165) is 18.5 Å². The van der Waals surface area contributed by atoms with Gasteiger partial charge in [0.25, 0.3) is 0 Å². The second kappa shape index (κ2) is 7.14. The number of piperidine rings is 2. The predicted octanol–water partition coefficient (Wildman–Crippen LogP) is 3.60. The van der Waals surface area contributed by atoms with Crippen LogP contribution in [0.3, 0.4) is 0 Å². The summed E-state index contributed by atoms with van der Waals surface area (Å²) in [5.74, 6) is 0. The van der Waals surface area contributed by atoms with Crippen molar-refractivity contribution in [1.82, 2.24) is 10.2 Å². The standard InChI is InChI=1S/C18H27N3O/c1-2-11-21-16-9-6-10-17(21)13-15(12-16)20-18(22)19-14-7-4-3-5-8-14/h3-5,7-8,15-17H,2,6,9-13H2,1H3,(H2,19,20,22)/t15?,16-,17+. The van der Waals surface area contributed by atoms with Gasteiger partial charge in [-0.15, -0.1) is 0 Å². The van der Waals surface area contributed by atoms with Gasteiger partial charge in [0.05, 0.1) is 0 Å². The molecule has 2 saturated heterocycles. The average Bonchev–Trinajstić information content (AvgIpc) is 2.49. The highest BCUT2D eigenvalue weighted by atomic mass is 16.2.